The molecule has 3 aromatic heterocycles. The maximum Gasteiger partial charge on any atom is 0.164 e. The zero-order valence-electron chi connectivity index (χ0n) is 78.8. The molecule has 0 N–H and O–H groups in total. The third kappa shape index (κ3) is 16.1. The van der Waals surface area contributed by atoms with Crippen LogP contribution in [0.4, 0.5) is 0 Å². The summed E-state index contributed by atoms with van der Waals surface area (Å²) in [5.41, 5.74) is 22.7. The van der Waals surface area contributed by atoms with Crippen molar-refractivity contribution in [3.63, 3.8) is 0 Å². The lowest BCUT2D eigenvalue weighted by Gasteiger charge is -2.34. The van der Waals surface area contributed by atoms with E-state index in [9.17, 15) is 0 Å². The largest absolute Gasteiger partial charge is 0.208 e. The Labute approximate surface area is 838 Å². The number of aromatic nitrogens is 9. The Morgan fingerprint density at radius 3 is 0.779 bits per heavy atom. The summed E-state index contributed by atoms with van der Waals surface area (Å²) in [6, 6.07) is 186. The fourth-order valence-electron chi connectivity index (χ4n) is 21.4. The molecule has 0 bridgehead atoms. The zero-order valence-corrected chi connectivity index (χ0v) is 78.8. The van der Waals surface area contributed by atoms with E-state index < -0.39 is 5.41 Å². The van der Waals surface area contributed by atoms with Crippen LogP contribution in [0, 0.1) is 0 Å². The minimum Gasteiger partial charge on any atom is -0.208 e. The normalized spacial score (nSPS) is 11.9. The van der Waals surface area contributed by atoms with Crippen LogP contribution in [0.1, 0.15) is 22.3 Å². The van der Waals surface area contributed by atoms with Gasteiger partial charge in [0.2, 0.25) is 0 Å². The van der Waals surface area contributed by atoms with E-state index in [0.717, 1.165) is 104 Å². The number of benzene rings is 24. The van der Waals surface area contributed by atoms with E-state index in [1.165, 1.54) is 109 Å². The fraction of sp³-hybridized carbons (Fsp3) is 0.00735. The van der Waals surface area contributed by atoms with Crippen molar-refractivity contribution in [1.29, 1.82) is 0 Å². The molecule has 27 aromatic rings. The van der Waals surface area contributed by atoms with Crippen molar-refractivity contribution in [3.8, 4) is 147 Å². The monoisotopic (exact) mass is 1850 g/mol. The van der Waals surface area contributed by atoms with E-state index in [1.807, 2.05) is 66.7 Å². The highest BCUT2D eigenvalue weighted by Gasteiger charge is 2.46. The van der Waals surface area contributed by atoms with Gasteiger partial charge in [-0.25, -0.2) is 44.9 Å². The maximum atomic E-state index is 5.27. The van der Waals surface area contributed by atoms with Gasteiger partial charge in [-0.15, -0.1) is 0 Å². The van der Waals surface area contributed by atoms with Gasteiger partial charge < -0.3 is 0 Å². The van der Waals surface area contributed by atoms with Gasteiger partial charge in [0.15, 0.2) is 52.4 Å². The smallest absolute Gasteiger partial charge is 0.164 e. The van der Waals surface area contributed by atoms with E-state index in [2.05, 4.69) is 461 Å². The summed E-state index contributed by atoms with van der Waals surface area (Å²) in [4.78, 5) is 46.1. The molecule has 0 saturated heterocycles. The van der Waals surface area contributed by atoms with Gasteiger partial charge in [0.25, 0.3) is 0 Å². The number of nitrogens with zero attached hydrogens (tertiary/aromatic N) is 9. The number of hydrogen-bond donors (Lipinski definition) is 0. The molecule has 0 spiro atoms. The number of hydrogen-bond acceptors (Lipinski definition) is 9. The standard InChI is InChI=1S/C54H35N3.C43H27N3.C39H25N3/c1-3-15-36(16-4-1)37-27-29-38(30-28-37)51-55-52(57-53(56-51)48-35-40-17-7-8-20-43(40)44-21-9-10-22-45(44)48)39-31-33-42(34-32-39)54(41-18-5-2-6-19-41)49-25-13-11-23-46(49)47-24-12-14-26-50(47)54;1-3-11-32-25-34(23-19-28(32)9-1)30-17-21-31(22-18-30)41-44-42(36-24-20-29-10-2-4-12-33(29)26-36)46-43(45-41)40-27-35-13-5-6-14-37(35)38-15-7-8-16-39(38)40;1-3-13-26(14-4-1)37-40-38(27-15-5-2-6-16-27)42-39(41-37)36-25-30(23-28-17-7-10-20-32(28)36)35-24-29-18-8-9-19-31(29)33-21-11-12-22-34(33)35/h1-35H;1-27H;1-25H. The second-order valence-electron chi connectivity index (χ2n) is 36.9. The van der Waals surface area contributed by atoms with Gasteiger partial charge in [-0.3, -0.25) is 0 Å². The minimum atomic E-state index is -0.479. The third-order valence-corrected chi connectivity index (χ3v) is 28.4. The predicted octanol–water partition coefficient (Wildman–Crippen LogP) is 34.4. The summed E-state index contributed by atoms with van der Waals surface area (Å²) >= 11 is 0. The molecular weight excluding hydrogens is 1760 g/mol. The molecule has 24 aromatic carbocycles. The van der Waals surface area contributed by atoms with Crippen molar-refractivity contribution in [2.24, 2.45) is 0 Å². The van der Waals surface area contributed by atoms with Crippen LogP contribution in [0.15, 0.2) is 528 Å². The Bertz CT molecular complexity index is 9580. The summed E-state index contributed by atoms with van der Waals surface area (Å²) < 4.78 is 0. The van der Waals surface area contributed by atoms with E-state index >= 15 is 0 Å². The molecule has 676 valence electrons. The van der Waals surface area contributed by atoms with Gasteiger partial charge in [0.05, 0.1) is 5.41 Å². The second-order valence-corrected chi connectivity index (χ2v) is 36.9. The van der Waals surface area contributed by atoms with E-state index in [0.29, 0.717) is 52.4 Å². The Balaban J connectivity index is 0.000000112. The Morgan fingerprint density at radius 2 is 0.352 bits per heavy atom. The highest BCUT2D eigenvalue weighted by Crippen LogP contribution is 2.57. The zero-order chi connectivity index (χ0) is 96.1. The van der Waals surface area contributed by atoms with E-state index in [-0.39, 0.29) is 0 Å². The maximum absolute atomic E-state index is 5.27. The van der Waals surface area contributed by atoms with Gasteiger partial charge >= 0.3 is 0 Å². The summed E-state index contributed by atoms with van der Waals surface area (Å²) in [5.74, 6) is 5.85. The molecule has 1 aliphatic carbocycles. The molecule has 0 unspecified atom stereocenters. The molecule has 1 aliphatic rings. The van der Waals surface area contributed by atoms with Crippen LogP contribution in [0.25, 0.3) is 244 Å². The lowest BCUT2D eigenvalue weighted by molar-refractivity contribution is 0.768. The molecule has 3 heterocycles. The first-order valence-corrected chi connectivity index (χ1v) is 49.1. The minimum absolute atomic E-state index is 0.479. The fourth-order valence-corrected chi connectivity index (χ4v) is 21.4. The van der Waals surface area contributed by atoms with Gasteiger partial charge in [-0.05, 0) is 206 Å². The first-order chi connectivity index (χ1) is 71.8. The van der Waals surface area contributed by atoms with Crippen LogP contribution >= 0.6 is 0 Å². The third-order valence-electron chi connectivity index (χ3n) is 28.4. The van der Waals surface area contributed by atoms with Crippen molar-refractivity contribution in [1.82, 2.24) is 44.9 Å². The Hall–Kier alpha value is -19.4. The van der Waals surface area contributed by atoms with Gasteiger partial charge in [0.1, 0.15) is 0 Å². The predicted molar refractivity (Wildman–Crippen MR) is 600 cm³/mol. The average molecular weight is 1850 g/mol. The molecule has 0 radical (unpaired) electrons. The van der Waals surface area contributed by atoms with E-state index in [4.69, 9.17) is 44.9 Å². The van der Waals surface area contributed by atoms with Crippen molar-refractivity contribution < 1.29 is 0 Å². The summed E-state index contributed by atoms with van der Waals surface area (Å²) in [6.45, 7) is 0. The second kappa shape index (κ2) is 37.1. The molecular formula is C136H87N9. The molecule has 0 aliphatic heterocycles. The molecule has 0 saturated carbocycles. The van der Waals surface area contributed by atoms with E-state index in [1.54, 1.807) is 0 Å². The number of rotatable bonds is 14. The molecule has 0 atom stereocenters. The highest BCUT2D eigenvalue weighted by atomic mass is 15.1. The first-order valence-electron chi connectivity index (χ1n) is 49.1. The van der Waals surface area contributed by atoms with Gasteiger partial charge in [-0.2, -0.15) is 0 Å². The first kappa shape index (κ1) is 86.0. The number of fused-ring (bicyclic) bond motifs is 15. The van der Waals surface area contributed by atoms with Crippen molar-refractivity contribution in [3.05, 3.63) is 550 Å². The summed E-state index contributed by atoms with van der Waals surface area (Å²) in [6.07, 6.45) is 0. The molecule has 9 heteroatoms. The highest BCUT2D eigenvalue weighted by molar-refractivity contribution is 6.17. The summed E-state index contributed by atoms with van der Waals surface area (Å²) in [7, 11) is 0. The van der Waals surface area contributed by atoms with Crippen LogP contribution in [0.3, 0.4) is 0 Å². The molecule has 28 rings (SSSR count). The molecule has 0 amide bonds. The molecule has 9 nitrogen and oxygen atoms in total. The molecule has 0 fully saturated rings. The lowest BCUT2D eigenvalue weighted by atomic mass is 9.67. The average Bonchev–Trinajstić information content (AvgIpc) is 1.54. The SMILES string of the molecule is c1ccc(-c2ccc(-c3nc(-c4ccc(C5(c6ccccc6)c6ccccc6-c6ccccc65)cc4)nc(-c4cc5ccccc5c5ccccc45)n3)cc2)cc1.c1ccc(-c2nc(-c3ccccc3)nc(-c3cc(-c4cc5ccccc5c5ccccc45)cc4ccccc34)n2)cc1.c1ccc2cc(-c3ccc(-c4nc(-c5ccc6ccccc6c5)nc(-c5cc6ccccc6c6ccccc56)n4)cc3)ccc2c1. The summed E-state index contributed by atoms with van der Waals surface area (Å²) in [5, 5.41) is 21.3. The van der Waals surface area contributed by atoms with Crippen LogP contribution in [-0.4, -0.2) is 44.9 Å². The van der Waals surface area contributed by atoms with Crippen LogP contribution in [-0.2, 0) is 5.41 Å². The van der Waals surface area contributed by atoms with Gasteiger partial charge in [-0.1, -0.05) is 485 Å². The van der Waals surface area contributed by atoms with Gasteiger partial charge in [0, 0.05) is 50.1 Å². The molecule has 145 heavy (non-hydrogen) atoms. The van der Waals surface area contributed by atoms with Crippen molar-refractivity contribution in [2.45, 2.75) is 5.41 Å². The van der Waals surface area contributed by atoms with Crippen LogP contribution in [0.5, 0.6) is 0 Å². The Kier molecular flexibility index (Phi) is 22.0. The quantitative estimate of drug-likeness (QED) is 0.0981. The van der Waals surface area contributed by atoms with Crippen LogP contribution < -0.4 is 0 Å². The van der Waals surface area contributed by atoms with Crippen molar-refractivity contribution in [2.75, 3.05) is 0 Å². The lowest BCUT2D eigenvalue weighted by Crippen LogP contribution is -2.28. The Morgan fingerprint density at radius 1 is 0.110 bits per heavy atom. The van der Waals surface area contributed by atoms with Crippen LogP contribution in [0.2, 0.25) is 0 Å². The topological polar surface area (TPSA) is 116 Å². The van der Waals surface area contributed by atoms with Crippen molar-refractivity contribution >= 4 is 97.0 Å².